The van der Waals surface area contributed by atoms with Gasteiger partial charge in [-0.3, -0.25) is 18.7 Å². The van der Waals surface area contributed by atoms with Gasteiger partial charge in [0.15, 0.2) is 5.78 Å². The lowest BCUT2D eigenvalue weighted by Crippen LogP contribution is -2.53. The number of anilines is 1. The third-order valence-corrected chi connectivity index (χ3v) is 8.11. The SMILES string of the molecule is CC(=O)c1cccc(N(CC(=O)N(Cc2ccc(Br)cc2)[C@H](Cc2ccccc2)C(=O)NCC(C)C)S(C)(=O)=O)c1. The summed E-state index contributed by atoms with van der Waals surface area (Å²) in [5, 5.41) is 2.96. The summed E-state index contributed by atoms with van der Waals surface area (Å²) in [6, 6.07) is 22.0. The van der Waals surface area contributed by atoms with Gasteiger partial charge in [0, 0.05) is 29.5 Å². The van der Waals surface area contributed by atoms with E-state index in [1.807, 2.05) is 68.4 Å². The lowest BCUT2D eigenvalue weighted by molar-refractivity contribution is -0.140. The number of benzene rings is 3. The summed E-state index contributed by atoms with van der Waals surface area (Å²) in [4.78, 5) is 41.2. The molecule has 0 aliphatic carbocycles. The fraction of sp³-hybridized carbons (Fsp3) is 0.323. The Morgan fingerprint density at radius 1 is 0.902 bits per heavy atom. The third-order valence-electron chi connectivity index (χ3n) is 6.44. The second-order valence-corrected chi connectivity index (χ2v) is 13.2. The number of hydrogen-bond donors (Lipinski definition) is 1. The van der Waals surface area contributed by atoms with Gasteiger partial charge in [-0.25, -0.2) is 8.42 Å². The molecule has 1 N–H and O–H groups in total. The molecule has 218 valence electrons. The lowest BCUT2D eigenvalue weighted by Gasteiger charge is -2.33. The van der Waals surface area contributed by atoms with Crippen LogP contribution in [0, 0.1) is 5.92 Å². The van der Waals surface area contributed by atoms with Crippen LogP contribution in [0.25, 0.3) is 0 Å². The van der Waals surface area contributed by atoms with E-state index in [1.54, 1.807) is 12.1 Å². The van der Waals surface area contributed by atoms with Gasteiger partial charge < -0.3 is 10.2 Å². The molecule has 41 heavy (non-hydrogen) atoms. The first-order chi connectivity index (χ1) is 19.3. The molecular weight excluding hydrogens is 606 g/mol. The van der Waals surface area contributed by atoms with Gasteiger partial charge in [0.2, 0.25) is 21.8 Å². The molecule has 3 aromatic rings. The number of rotatable bonds is 13. The van der Waals surface area contributed by atoms with Crippen LogP contribution in [0.2, 0.25) is 0 Å². The van der Waals surface area contributed by atoms with Crippen LogP contribution in [0.4, 0.5) is 5.69 Å². The van der Waals surface area contributed by atoms with E-state index in [2.05, 4.69) is 21.2 Å². The zero-order chi connectivity index (χ0) is 30.2. The summed E-state index contributed by atoms with van der Waals surface area (Å²) in [6.07, 6.45) is 1.25. The second-order valence-electron chi connectivity index (χ2n) is 10.4. The highest BCUT2D eigenvalue weighted by atomic mass is 79.9. The van der Waals surface area contributed by atoms with Crippen molar-refractivity contribution < 1.29 is 22.8 Å². The first-order valence-electron chi connectivity index (χ1n) is 13.3. The molecule has 0 bridgehead atoms. The highest BCUT2D eigenvalue weighted by Gasteiger charge is 2.33. The van der Waals surface area contributed by atoms with E-state index >= 15 is 0 Å². The van der Waals surface area contributed by atoms with Crippen molar-refractivity contribution in [3.63, 3.8) is 0 Å². The average molecular weight is 643 g/mol. The van der Waals surface area contributed by atoms with Crippen molar-refractivity contribution in [3.05, 3.63) is 100 Å². The van der Waals surface area contributed by atoms with Crippen LogP contribution in [0.15, 0.2) is 83.3 Å². The molecular formula is C31H36BrN3O5S. The second kappa shape index (κ2) is 14.4. The van der Waals surface area contributed by atoms with Crippen molar-refractivity contribution >= 4 is 49.2 Å². The van der Waals surface area contributed by atoms with Gasteiger partial charge in [0.25, 0.3) is 0 Å². The Labute approximate surface area is 250 Å². The van der Waals surface area contributed by atoms with Crippen molar-refractivity contribution in [2.45, 2.75) is 39.8 Å². The monoisotopic (exact) mass is 641 g/mol. The largest absolute Gasteiger partial charge is 0.354 e. The maximum absolute atomic E-state index is 14.1. The van der Waals surface area contributed by atoms with Crippen LogP contribution in [0.3, 0.4) is 0 Å². The number of Topliss-reactive ketones (excluding diaryl/α,β-unsaturated/α-hetero) is 1. The van der Waals surface area contributed by atoms with E-state index in [9.17, 15) is 22.8 Å². The summed E-state index contributed by atoms with van der Waals surface area (Å²) in [7, 11) is -3.93. The van der Waals surface area contributed by atoms with E-state index in [0.717, 1.165) is 26.2 Å². The minimum atomic E-state index is -3.93. The summed E-state index contributed by atoms with van der Waals surface area (Å²) >= 11 is 3.43. The van der Waals surface area contributed by atoms with E-state index in [0.29, 0.717) is 12.1 Å². The van der Waals surface area contributed by atoms with Crippen molar-refractivity contribution in [2.75, 3.05) is 23.7 Å². The Kier molecular flexibility index (Phi) is 11.3. The number of carbonyl (C=O) groups is 3. The smallest absolute Gasteiger partial charge is 0.244 e. The van der Waals surface area contributed by atoms with Gasteiger partial charge in [-0.2, -0.15) is 0 Å². The van der Waals surface area contributed by atoms with E-state index < -0.39 is 28.5 Å². The minimum absolute atomic E-state index is 0.0871. The molecule has 0 aromatic heterocycles. The van der Waals surface area contributed by atoms with E-state index in [4.69, 9.17) is 0 Å². The number of nitrogens with one attached hydrogen (secondary N) is 1. The molecule has 0 aliphatic heterocycles. The summed E-state index contributed by atoms with van der Waals surface area (Å²) in [5.74, 6) is -0.904. The molecule has 0 unspecified atom stereocenters. The minimum Gasteiger partial charge on any atom is -0.354 e. The fourth-order valence-electron chi connectivity index (χ4n) is 4.26. The Morgan fingerprint density at radius 2 is 1.56 bits per heavy atom. The predicted molar refractivity (Wildman–Crippen MR) is 165 cm³/mol. The Hall–Kier alpha value is -3.50. The summed E-state index contributed by atoms with van der Waals surface area (Å²) < 4.78 is 27.7. The van der Waals surface area contributed by atoms with Crippen molar-refractivity contribution in [3.8, 4) is 0 Å². The first-order valence-corrected chi connectivity index (χ1v) is 15.9. The van der Waals surface area contributed by atoms with Gasteiger partial charge in [-0.1, -0.05) is 84.4 Å². The number of amides is 2. The maximum atomic E-state index is 14.1. The lowest BCUT2D eigenvalue weighted by atomic mass is 10.0. The van der Waals surface area contributed by atoms with E-state index in [1.165, 1.54) is 24.0 Å². The number of hydrogen-bond acceptors (Lipinski definition) is 5. The standard InChI is InChI=1S/C31H36BrN3O5S/c1-22(2)19-33-31(38)29(17-24-9-6-5-7-10-24)34(20-25-13-15-27(32)16-14-25)30(37)21-35(41(4,39)40)28-12-8-11-26(18-28)23(3)36/h5-16,18,22,29H,17,19-21H2,1-4H3,(H,33,38)/t29-/m1/s1. The molecule has 8 nitrogen and oxygen atoms in total. The molecule has 10 heteroatoms. The van der Waals surface area contributed by atoms with Gasteiger partial charge in [0.1, 0.15) is 12.6 Å². The summed E-state index contributed by atoms with van der Waals surface area (Å²) in [6.45, 7) is 5.33. The third kappa shape index (κ3) is 9.54. The first kappa shape index (κ1) is 32.0. The highest BCUT2D eigenvalue weighted by molar-refractivity contribution is 9.10. The number of carbonyl (C=O) groups excluding carboxylic acids is 3. The molecule has 0 saturated carbocycles. The van der Waals surface area contributed by atoms with Crippen LogP contribution in [-0.4, -0.2) is 56.3 Å². The molecule has 0 aliphatic rings. The molecule has 3 rings (SSSR count). The Bertz CT molecular complexity index is 1460. The van der Waals surface area contributed by atoms with Gasteiger partial charge in [0.05, 0.1) is 11.9 Å². The van der Waals surface area contributed by atoms with Gasteiger partial charge in [-0.15, -0.1) is 0 Å². The number of ketones is 1. The van der Waals surface area contributed by atoms with Crippen molar-refractivity contribution in [1.82, 2.24) is 10.2 Å². The normalized spacial score (nSPS) is 12.0. The van der Waals surface area contributed by atoms with Crippen LogP contribution in [0.5, 0.6) is 0 Å². The molecule has 0 heterocycles. The molecule has 3 aromatic carbocycles. The van der Waals surface area contributed by atoms with Gasteiger partial charge in [-0.05, 0) is 48.2 Å². The van der Waals surface area contributed by atoms with Crippen LogP contribution >= 0.6 is 15.9 Å². The Balaban J connectivity index is 2.06. The quantitative estimate of drug-likeness (QED) is 0.269. The fourth-order valence-corrected chi connectivity index (χ4v) is 5.36. The van der Waals surface area contributed by atoms with Crippen LogP contribution in [0.1, 0.15) is 42.3 Å². The summed E-state index contributed by atoms with van der Waals surface area (Å²) in [5.41, 5.74) is 2.16. The van der Waals surface area contributed by atoms with Crippen molar-refractivity contribution in [1.29, 1.82) is 0 Å². The predicted octanol–water partition coefficient (Wildman–Crippen LogP) is 4.83. The Morgan fingerprint density at radius 3 is 2.15 bits per heavy atom. The van der Waals surface area contributed by atoms with E-state index in [-0.39, 0.29) is 36.3 Å². The topological polar surface area (TPSA) is 104 Å². The molecule has 0 fully saturated rings. The molecule has 1 atom stereocenters. The number of halogens is 1. The molecule has 0 saturated heterocycles. The average Bonchev–Trinajstić information content (AvgIpc) is 2.93. The van der Waals surface area contributed by atoms with Crippen LogP contribution < -0.4 is 9.62 Å². The van der Waals surface area contributed by atoms with Crippen LogP contribution in [-0.2, 0) is 32.6 Å². The van der Waals surface area contributed by atoms with Crippen molar-refractivity contribution in [2.24, 2.45) is 5.92 Å². The number of sulfonamides is 1. The molecule has 0 spiro atoms. The molecule has 0 radical (unpaired) electrons. The molecule has 2 amide bonds. The van der Waals surface area contributed by atoms with Gasteiger partial charge >= 0.3 is 0 Å². The number of nitrogens with zero attached hydrogens (tertiary/aromatic N) is 2. The zero-order valence-electron chi connectivity index (χ0n) is 23.7. The maximum Gasteiger partial charge on any atom is 0.244 e. The highest BCUT2D eigenvalue weighted by Crippen LogP contribution is 2.22. The zero-order valence-corrected chi connectivity index (χ0v) is 26.1.